The molecule has 1 aromatic heterocycles. The van der Waals surface area contributed by atoms with Crippen LogP contribution in [0.2, 0.25) is 0 Å². The number of amides is 3. The lowest BCUT2D eigenvalue weighted by Gasteiger charge is -2.13. The van der Waals surface area contributed by atoms with Gasteiger partial charge < -0.3 is 19.8 Å². The van der Waals surface area contributed by atoms with Gasteiger partial charge in [0.05, 0.1) is 13.7 Å². The molecule has 0 spiro atoms. The molecular formula is C22H19N3O4. The van der Waals surface area contributed by atoms with E-state index in [9.17, 15) is 9.59 Å². The van der Waals surface area contributed by atoms with Gasteiger partial charge >= 0.3 is 6.03 Å². The third-order valence-corrected chi connectivity index (χ3v) is 4.56. The first-order chi connectivity index (χ1) is 14.2. The molecular weight excluding hydrogens is 370 g/mol. The molecule has 7 nitrogen and oxygen atoms in total. The van der Waals surface area contributed by atoms with Crippen molar-refractivity contribution >= 4 is 28.6 Å². The topological polar surface area (TPSA) is 83.8 Å². The van der Waals surface area contributed by atoms with Crippen molar-refractivity contribution in [3.8, 4) is 17.6 Å². The second-order valence-electron chi connectivity index (χ2n) is 6.40. The van der Waals surface area contributed by atoms with Gasteiger partial charge in [-0.05, 0) is 36.4 Å². The fraction of sp³-hybridized carbons (Fsp3) is 0.182. The number of furan rings is 1. The van der Waals surface area contributed by atoms with Crippen molar-refractivity contribution in [2.24, 2.45) is 0 Å². The highest BCUT2D eigenvalue weighted by atomic mass is 16.5. The molecule has 4 rings (SSSR count). The molecule has 0 radical (unpaired) electrons. The lowest BCUT2D eigenvalue weighted by molar-refractivity contribution is 0.0933. The smallest absolute Gasteiger partial charge is 0.321 e. The van der Waals surface area contributed by atoms with Crippen molar-refractivity contribution in [3.05, 3.63) is 59.9 Å². The number of para-hydroxylation sites is 1. The second kappa shape index (κ2) is 7.98. The minimum absolute atomic E-state index is 0.0882. The van der Waals surface area contributed by atoms with E-state index in [4.69, 9.17) is 9.15 Å². The Labute approximate surface area is 167 Å². The highest BCUT2D eigenvalue weighted by Gasteiger charge is 2.20. The summed E-state index contributed by atoms with van der Waals surface area (Å²) in [6, 6.07) is 14.5. The van der Waals surface area contributed by atoms with Crippen molar-refractivity contribution in [2.45, 2.75) is 0 Å². The van der Waals surface area contributed by atoms with Crippen LogP contribution in [0.15, 0.2) is 52.9 Å². The molecule has 146 valence electrons. The monoisotopic (exact) mass is 389 g/mol. The fourth-order valence-corrected chi connectivity index (χ4v) is 3.11. The standard InChI is InChI=1S/C22H19N3O4/c1-28-18-6-2-5-16-14-19(29-20(16)18)21(26)23-11-3-4-15-7-9-17(10-8-15)25-13-12-24-22(25)27/h2,5-10,14H,11-13H2,1H3,(H,23,26)(H,24,27). The van der Waals surface area contributed by atoms with Gasteiger partial charge in [-0.2, -0.15) is 0 Å². The molecule has 7 heteroatoms. The minimum atomic E-state index is -0.340. The summed E-state index contributed by atoms with van der Waals surface area (Å²) in [7, 11) is 1.55. The molecule has 0 saturated carbocycles. The van der Waals surface area contributed by atoms with Crippen molar-refractivity contribution in [1.82, 2.24) is 10.6 Å². The number of hydrogen-bond acceptors (Lipinski definition) is 4. The lowest BCUT2D eigenvalue weighted by Crippen LogP contribution is -2.27. The minimum Gasteiger partial charge on any atom is -0.493 e. The maximum absolute atomic E-state index is 12.3. The predicted molar refractivity (Wildman–Crippen MR) is 109 cm³/mol. The van der Waals surface area contributed by atoms with E-state index in [0.717, 1.165) is 16.6 Å². The molecule has 2 heterocycles. The van der Waals surface area contributed by atoms with E-state index in [1.807, 2.05) is 36.4 Å². The van der Waals surface area contributed by atoms with Crippen LogP contribution in [0.5, 0.6) is 5.75 Å². The zero-order valence-corrected chi connectivity index (χ0v) is 15.8. The number of carbonyl (C=O) groups is 2. The van der Waals surface area contributed by atoms with Crippen molar-refractivity contribution in [2.75, 3.05) is 31.6 Å². The predicted octanol–water partition coefficient (Wildman–Crippen LogP) is 2.75. The number of fused-ring (bicyclic) bond motifs is 1. The van der Waals surface area contributed by atoms with Crippen molar-refractivity contribution in [1.29, 1.82) is 0 Å². The summed E-state index contributed by atoms with van der Waals surface area (Å²) >= 11 is 0. The normalized spacial score (nSPS) is 13.0. The highest BCUT2D eigenvalue weighted by Crippen LogP contribution is 2.28. The molecule has 3 amide bonds. The summed E-state index contributed by atoms with van der Waals surface area (Å²) in [6.45, 7) is 1.49. The van der Waals surface area contributed by atoms with Gasteiger partial charge in [-0.25, -0.2) is 4.79 Å². The van der Waals surface area contributed by atoms with Crippen LogP contribution >= 0.6 is 0 Å². The van der Waals surface area contributed by atoms with Gasteiger partial charge in [0.2, 0.25) is 0 Å². The molecule has 3 aromatic rings. The number of methoxy groups -OCH3 is 1. The average Bonchev–Trinajstić information content (AvgIpc) is 3.37. The summed E-state index contributed by atoms with van der Waals surface area (Å²) in [5.41, 5.74) is 2.17. The van der Waals surface area contributed by atoms with E-state index in [-0.39, 0.29) is 24.2 Å². The first kappa shape index (κ1) is 18.4. The molecule has 0 aliphatic carbocycles. The molecule has 1 fully saturated rings. The quantitative estimate of drug-likeness (QED) is 0.672. The summed E-state index contributed by atoms with van der Waals surface area (Å²) in [4.78, 5) is 25.6. The van der Waals surface area contributed by atoms with Gasteiger partial charge in [-0.1, -0.05) is 24.0 Å². The maximum Gasteiger partial charge on any atom is 0.321 e. The van der Waals surface area contributed by atoms with E-state index in [1.54, 1.807) is 24.1 Å². The van der Waals surface area contributed by atoms with E-state index < -0.39 is 0 Å². The fourth-order valence-electron chi connectivity index (χ4n) is 3.11. The number of urea groups is 1. The van der Waals surface area contributed by atoms with Gasteiger partial charge in [0.15, 0.2) is 17.1 Å². The Kier molecular flexibility index (Phi) is 5.08. The number of nitrogens with one attached hydrogen (secondary N) is 2. The van der Waals surface area contributed by atoms with Gasteiger partial charge in [-0.3, -0.25) is 9.69 Å². The second-order valence-corrected chi connectivity index (χ2v) is 6.40. The summed E-state index contributed by atoms with van der Waals surface area (Å²) in [6.07, 6.45) is 0. The van der Waals surface area contributed by atoms with E-state index in [0.29, 0.717) is 24.4 Å². The van der Waals surface area contributed by atoms with Crippen LogP contribution in [0.4, 0.5) is 10.5 Å². The number of ether oxygens (including phenoxy) is 1. The molecule has 0 atom stereocenters. The Morgan fingerprint density at radius 2 is 2.10 bits per heavy atom. The largest absolute Gasteiger partial charge is 0.493 e. The Balaban J connectivity index is 1.36. The van der Waals surface area contributed by atoms with Gasteiger partial charge in [0, 0.05) is 29.7 Å². The van der Waals surface area contributed by atoms with Gasteiger partial charge in [0.25, 0.3) is 5.91 Å². The van der Waals surface area contributed by atoms with E-state index in [1.165, 1.54) is 0 Å². The summed E-state index contributed by atoms with van der Waals surface area (Å²) < 4.78 is 10.9. The van der Waals surface area contributed by atoms with Gasteiger partial charge in [0.1, 0.15) is 0 Å². The maximum atomic E-state index is 12.3. The zero-order chi connectivity index (χ0) is 20.2. The summed E-state index contributed by atoms with van der Waals surface area (Å²) in [5, 5.41) is 6.29. The Hall–Kier alpha value is -3.92. The number of hydrogen-bond donors (Lipinski definition) is 2. The van der Waals surface area contributed by atoms with Crippen LogP contribution in [-0.4, -0.2) is 38.7 Å². The van der Waals surface area contributed by atoms with Crippen molar-refractivity contribution < 1.29 is 18.7 Å². The molecule has 2 N–H and O–H groups in total. The van der Waals surface area contributed by atoms with Gasteiger partial charge in [-0.15, -0.1) is 0 Å². The number of rotatable bonds is 4. The van der Waals surface area contributed by atoms with Crippen LogP contribution in [0.25, 0.3) is 11.0 Å². The average molecular weight is 389 g/mol. The zero-order valence-electron chi connectivity index (χ0n) is 15.8. The molecule has 0 bridgehead atoms. The van der Waals surface area contributed by atoms with Crippen LogP contribution in [0, 0.1) is 11.8 Å². The van der Waals surface area contributed by atoms with E-state index >= 15 is 0 Å². The van der Waals surface area contributed by atoms with Crippen LogP contribution in [-0.2, 0) is 0 Å². The van der Waals surface area contributed by atoms with Crippen LogP contribution in [0.1, 0.15) is 16.1 Å². The third kappa shape index (κ3) is 3.87. The Bertz CT molecular complexity index is 1120. The van der Waals surface area contributed by atoms with Crippen LogP contribution < -0.4 is 20.3 Å². The first-order valence-corrected chi connectivity index (χ1v) is 9.15. The third-order valence-electron chi connectivity index (χ3n) is 4.56. The summed E-state index contributed by atoms with van der Waals surface area (Å²) in [5.74, 6) is 6.35. The number of benzene rings is 2. The molecule has 2 aromatic carbocycles. The Morgan fingerprint density at radius 3 is 2.83 bits per heavy atom. The van der Waals surface area contributed by atoms with Crippen molar-refractivity contribution in [3.63, 3.8) is 0 Å². The molecule has 29 heavy (non-hydrogen) atoms. The molecule has 1 saturated heterocycles. The lowest BCUT2D eigenvalue weighted by atomic mass is 10.2. The van der Waals surface area contributed by atoms with E-state index in [2.05, 4.69) is 22.5 Å². The SMILES string of the molecule is COc1cccc2cc(C(=O)NCC#Cc3ccc(N4CCNC4=O)cc3)oc12. The molecule has 1 aliphatic heterocycles. The Morgan fingerprint density at radius 1 is 1.28 bits per heavy atom. The number of anilines is 1. The number of nitrogens with zero attached hydrogens (tertiary/aromatic N) is 1. The highest BCUT2D eigenvalue weighted by molar-refractivity contribution is 5.97. The first-order valence-electron chi connectivity index (χ1n) is 9.15. The molecule has 0 unspecified atom stereocenters. The molecule has 1 aliphatic rings. The van der Waals surface area contributed by atoms with Crippen LogP contribution in [0.3, 0.4) is 0 Å². The number of carbonyl (C=O) groups excluding carboxylic acids is 2.